The lowest BCUT2D eigenvalue weighted by atomic mass is 10.1. The van der Waals surface area contributed by atoms with Crippen molar-refractivity contribution >= 4 is 17.8 Å². The SMILES string of the molecule is COc1cc(OC)c(OC)cc1C=C1Oc2cc(OCC(N)=O)ccc2C1=O. The predicted octanol–water partition coefficient (Wildman–Crippen LogP) is 2.19. The van der Waals surface area contributed by atoms with Crippen LogP contribution in [0.3, 0.4) is 0 Å². The van der Waals surface area contributed by atoms with Gasteiger partial charge in [0.25, 0.3) is 5.91 Å². The molecule has 1 aliphatic rings. The molecular formula is C20H19NO7. The fraction of sp³-hybridized carbons (Fsp3) is 0.200. The molecule has 146 valence electrons. The van der Waals surface area contributed by atoms with Gasteiger partial charge in [-0.1, -0.05) is 0 Å². The highest BCUT2D eigenvalue weighted by atomic mass is 16.5. The Balaban J connectivity index is 1.93. The van der Waals surface area contributed by atoms with Crippen LogP contribution in [0.15, 0.2) is 36.1 Å². The largest absolute Gasteiger partial charge is 0.496 e. The van der Waals surface area contributed by atoms with E-state index in [-0.39, 0.29) is 18.1 Å². The predicted molar refractivity (Wildman–Crippen MR) is 100 cm³/mol. The summed E-state index contributed by atoms with van der Waals surface area (Å²) in [7, 11) is 4.55. The number of rotatable bonds is 7. The van der Waals surface area contributed by atoms with Crippen molar-refractivity contribution in [2.45, 2.75) is 0 Å². The van der Waals surface area contributed by atoms with Crippen LogP contribution in [0.25, 0.3) is 6.08 Å². The maximum absolute atomic E-state index is 12.7. The molecule has 0 bridgehead atoms. The summed E-state index contributed by atoms with van der Waals surface area (Å²) in [5, 5.41) is 0. The fourth-order valence-corrected chi connectivity index (χ4v) is 2.72. The van der Waals surface area contributed by atoms with E-state index in [2.05, 4.69) is 0 Å². The number of carbonyl (C=O) groups excluding carboxylic acids is 2. The van der Waals surface area contributed by atoms with Gasteiger partial charge < -0.3 is 29.4 Å². The number of hydrogen-bond donors (Lipinski definition) is 1. The van der Waals surface area contributed by atoms with E-state index in [1.165, 1.54) is 27.4 Å². The minimum Gasteiger partial charge on any atom is -0.496 e. The minimum absolute atomic E-state index is 0.118. The van der Waals surface area contributed by atoms with E-state index in [1.807, 2.05) is 0 Å². The van der Waals surface area contributed by atoms with Crippen LogP contribution >= 0.6 is 0 Å². The van der Waals surface area contributed by atoms with Gasteiger partial charge in [-0.3, -0.25) is 9.59 Å². The Hall–Kier alpha value is -3.68. The molecule has 0 unspecified atom stereocenters. The fourth-order valence-electron chi connectivity index (χ4n) is 2.72. The maximum Gasteiger partial charge on any atom is 0.255 e. The molecule has 0 spiro atoms. The molecule has 1 heterocycles. The van der Waals surface area contributed by atoms with Crippen molar-refractivity contribution in [3.05, 3.63) is 47.2 Å². The van der Waals surface area contributed by atoms with Crippen LogP contribution in [0.4, 0.5) is 0 Å². The summed E-state index contributed by atoms with van der Waals surface area (Å²) >= 11 is 0. The number of fused-ring (bicyclic) bond motifs is 1. The topological polar surface area (TPSA) is 106 Å². The molecule has 0 saturated carbocycles. The third-order valence-corrected chi connectivity index (χ3v) is 4.04. The number of hydrogen-bond acceptors (Lipinski definition) is 7. The lowest BCUT2D eigenvalue weighted by molar-refractivity contribution is -0.119. The van der Waals surface area contributed by atoms with Crippen LogP contribution in [-0.4, -0.2) is 39.6 Å². The van der Waals surface area contributed by atoms with Gasteiger partial charge in [-0.05, 0) is 24.3 Å². The van der Waals surface area contributed by atoms with Gasteiger partial charge in [0.15, 0.2) is 23.9 Å². The Morgan fingerprint density at radius 3 is 2.36 bits per heavy atom. The molecule has 0 saturated heterocycles. The van der Waals surface area contributed by atoms with E-state index in [1.54, 1.807) is 30.3 Å². The maximum atomic E-state index is 12.7. The lowest BCUT2D eigenvalue weighted by Crippen LogP contribution is -2.19. The number of amides is 1. The highest BCUT2D eigenvalue weighted by molar-refractivity contribution is 6.14. The number of nitrogens with two attached hydrogens (primary N) is 1. The van der Waals surface area contributed by atoms with Crippen LogP contribution < -0.4 is 29.4 Å². The van der Waals surface area contributed by atoms with Gasteiger partial charge in [0.2, 0.25) is 5.78 Å². The number of carbonyl (C=O) groups is 2. The van der Waals surface area contributed by atoms with Crippen molar-refractivity contribution in [2.75, 3.05) is 27.9 Å². The van der Waals surface area contributed by atoms with Crippen molar-refractivity contribution in [3.8, 4) is 28.7 Å². The molecule has 1 amide bonds. The molecule has 0 fully saturated rings. The molecule has 2 aromatic rings. The second-order valence-electron chi connectivity index (χ2n) is 5.80. The number of Topliss-reactive ketones (excluding diaryl/α,β-unsaturated/α-hetero) is 1. The smallest absolute Gasteiger partial charge is 0.255 e. The van der Waals surface area contributed by atoms with Crippen LogP contribution in [0.2, 0.25) is 0 Å². The van der Waals surface area contributed by atoms with Crippen molar-refractivity contribution < 1.29 is 33.3 Å². The summed E-state index contributed by atoms with van der Waals surface area (Å²) in [6.45, 7) is -0.266. The molecule has 0 aliphatic carbocycles. The Labute approximate surface area is 161 Å². The molecule has 28 heavy (non-hydrogen) atoms. The van der Waals surface area contributed by atoms with Crippen LogP contribution in [0, 0.1) is 0 Å². The number of ketones is 1. The van der Waals surface area contributed by atoms with Crippen molar-refractivity contribution in [1.29, 1.82) is 0 Å². The van der Waals surface area contributed by atoms with E-state index >= 15 is 0 Å². The van der Waals surface area contributed by atoms with E-state index < -0.39 is 5.91 Å². The Kier molecular flexibility index (Phi) is 5.39. The van der Waals surface area contributed by atoms with Gasteiger partial charge in [0.05, 0.1) is 26.9 Å². The first-order chi connectivity index (χ1) is 13.5. The average Bonchev–Trinajstić information content (AvgIpc) is 3.00. The molecule has 0 aromatic heterocycles. The normalized spacial score (nSPS) is 13.7. The summed E-state index contributed by atoms with van der Waals surface area (Å²) in [6, 6.07) is 8.02. The zero-order chi connectivity index (χ0) is 20.3. The highest BCUT2D eigenvalue weighted by Crippen LogP contribution is 2.38. The van der Waals surface area contributed by atoms with E-state index in [0.717, 1.165) is 0 Å². The van der Waals surface area contributed by atoms with Gasteiger partial charge in [0, 0.05) is 17.7 Å². The van der Waals surface area contributed by atoms with Crippen molar-refractivity contribution in [3.63, 3.8) is 0 Å². The number of allylic oxidation sites excluding steroid dienone is 1. The molecule has 2 aromatic carbocycles. The number of methoxy groups -OCH3 is 3. The average molecular weight is 385 g/mol. The zero-order valence-corrected chi connectivity index (χ0v) is 15.6. The van der Waals surface area contributed by atoms with Crippen molar-refractivity contribution in [2.24, 2.45) is 5.73 Å². The Morgan fingerprint density at radius 2 is 1.71 bits per heavy atom. The quantitative estimate of drug-likeness (QED) is 0.728. The Morgan fingerprint density at radius 1 is 1.04 bits per heavy atom. The van der Waals surface area contributed by atoms with E-state index in [9.17, 15) is 9.59 Å². The van der Waals surface area contributed by atoms with Crippen LogP contribution in [0.5, 0.6) is 28.7 Å². The van der Waals surface area contributed by atoms with E-state index in [0.29, 0.717) is 39.9 Å². The summed E-state index contributed by atoms with van der Waals surface area (Å²) < 4.78 is 26.9. The number of primary amides is 1. The summed E-state index contributed by atoms with van der Waals surface area (Å²) in [5.41, 5.74) is 6.04. The summed E-state index contributed by atoms with van der Waals surface area (Å²) in [6.07, 6.45) is 1.56. The third kappa shape index (κ3) is 3.71. The molecule has 8 nitrogen and oxygen atoms in total. The summed E-state index contributed by atoms with van der Waals surface area (Å²) in [5.74, 6) is 1.41. The van der Waals surface area contributed by atoms with Crippen LogP contribution in [0.1, 0.15) is 15.9 Å². The van der Waals surface area contributed by atoms with Crippen molar-refractivity contribution in [1.82, 2.24) is 0 Å². The molecular weight excluding hydrogens is 366 g/mol. The number of ether oxygens (including phenoxy) is 5. The summed E-state index contributed by atoms with van der Waals surface area (Å²) in [4.78, 5) is 23.5. The van der Waals surface area contributed by atoms with Gasteiger partial charge in [0.1, 0.15) is 17.2 Å². The molecule has 0 atom stereocenters. The van der Waals surface area contributed by atoms with Gasteiger partial charge >= 0.3 is 0 Å². The first kappa shape index (κ1) is 19.1. The van der Waals surface area contributed by atoms with Gasteiger partial charge in [-0.15, -0.1) is 0 Å². The lowest BCUT2D eigenvalue weighted by Gasteiger charge is -2.12. The first-order valence-electron chi connectivity index (χ1n) is 8.26. The first-order valence-corrected chi connectivity index (χ1v) is 8.26. The molecule has 1 aliphatic heterocycles. The second kappa shape index (κ2) is 7.91. The molecule has 2 N–H and O–H groups in total. The second-order valence-corrected chi connectivity index (χ2v) is 5.80. The highest BCUT2D eigenvalue weighted by Gasteiger charge is 2.28. The van der Waals surface area contributed by atoms with Gasteiger partial charge in [-0.25, -0.2) is 0 Å². The van der Waals surface area contributed by atoms with E-state index in [4.69, 9.17) is 29.4 Å². The standard InChI is InChI=1S/C20H19NO7/c1-24-14-9-17(26-3)16(25-2)6-11(14)7-18-20(23)13-5-4-12(8-15(13)28-18)27-10-19(21)22/h4-9H,10H2,1-3H3,(H2,21,22). The minimum atomic E-state index is -0.598. The monoisotopic (exact) mass is 385 g/mol. The third-order valence-electron chi connectivity index (χ3n) is 4.04. The zero-order valence-electron chi connectivity index (χ0n) is 15.6. The van der Waals surface area contributed by atoms with Crippen LogP contribution in [-0.2, 0) is 4.79 Å². The Bertz CT molecular complexity index is 965. The number of benzene rings is 2. The molecule has 0 radical (unpaired) electrons. The van der Waals surface area contributed by atoms with Gasteiger partial charge in [-0.2, -0.15) is 0 Å². The molecule has 3 rings (SSSR count). The molecule has 8 heteroatoms.